The van der Waals surface area contributed by atoms with E-state index in [1.165, 1.54) is 7.11 Å². The molecule has 1 saturated heterocycles. The number of piperidine rings is 1. The molecule has 1 fully saturated rings. The van der Waals surface area contributed by atoms with Crippen molar-refractivity contribution in [2.75, 3.05) is 20.2 Å². The summed E-state index contributed by atoms with van der Waals surface area (Å²) in [6, 6.07) is -0.0836. The van der Waals surface area contributed by atoms with Crippen molar-refractivity contribution in [3.05, 3.63) is 42.5 Å². The summed E-state index contributed by atoms with van der Waals surface area (Å²) < 4.78 is 6.81. The first kappa shape index (κ1) is 22.8. The lowest BCUT2D eigenvalue weighted by atomic mass is 9.74. The van der Waals surface area contributed by atoms with E-state index < -0.39 is 5.41 Å². The fourth-order valence-corrected chi connectivity index (χ4v) is 3.33. The molecule has 1 aromatic rings. The zero-order chi connectivity index (χ0) is 20.4. The van der Waals surface area contributed by atoms with Gasteiger partial charge in [-0.3, -0.25) is 9.59 Å². The average Bonchev–Trinajstić information content (AvgIpc) is 3.19. The number of nitrogens with one attached hydrogen (secondary N) is 1. The molecule has 1 aliphatic heterocycles. The number of hydrogen-bond acceptors (Lipinski definition) is 5. The number of aromatic nitrogens is 2. The lowest BCUT2D eigenvalue weighted by molar-refractivity contribution is -0.154. The molecule has 0 aromatic carbocycles. The maximum absolute atomic E-state index is 13.0. The van der Waals surface area contributed by atoms with Gasteiger partial charge in [0.2, 0.25) is 0 Å². The highest BCUT2D eigenvalue weighted by atomic mass is 16.5. The molecular weight excluding hydrogens is 342 g/mol. The molecule has 27 heavy (non-hydrogen) atoms. The van der Waals surface area contributed by atoms with E-state index in [-0.39, 0.29) is 24.2 Å². The molecule has 6 heteroatoms. The normalized spacial score (nSPS) is 16.9. The van der Waals surface area contributed by atoms with Crippen molar-refractivity contribution in [1.29, 1.82) is 0 Å². The highest BCUT2D eigenvalue weighted by Crippen LogP contribution is 2.35. The summed E-state index contributed by atoms with van der Waals surface area (Å²) in [5.74, 6) is -0.398. The fraction of sp³-hybridized carbons (Fsp3) is 0.571. The summed E-state index contributed by atoms with van der Waals surface area (Å²) in [5.41, 5.74) is 0.634. The van der Waals surface area contributed by atoms with Gasteiger partial charge in [-0.1, -0.05) is 32.6 Å². The van der Waals surface area contributed by atoms with Crippen molar-refractivity contribution in [3.63, 3.8) is 0 Å². The summed E-state index contributed by atoms with van der Waals surface area (Å²) in [6.45, 7) is 13.4. The average molecular weight is 376 g/mol. The van der Waals surface area contributed by atoms with Gasteiger partial charge in [-0.05, 0) is 45.4 Å². The summed E-state index contributed by atoms with van der Waals surface area (Å²) >= 11 is 0. The molecule has 1 N–H and O–H groups in total. The van der Waals surface area contributed by atoms with Gasteiger partial charge in [-0.15, -0.1) is 0 Å². The van der Waals surface area contributed by atoms with Crippen molar-refractivity contribution in [2.24, 2.45) is 5.41 Å². The van der Waals surface area contributed by atoms with Crippen molar-refractivity contribution >= 4 is 11.8 Å². The van der Waals surface area contributed by atoms with Crippen LogP contribution in [0.5, 0.6) is 0 Å². The van der Waals surface area contributed by atoms with Crippen LogP contribution in [0.2, 0.25) is 0 Å². The molecule has 0 bridgehead atoms. The Morgan fingerprint density at radius 2 is 2.04 bits per heavy atom. The molecule has 0 spiro atoms. The number of imidazole rings is 1. The van der Waals surface area contributed by atoms with Gasteiger partial charge in [0.05, 0.1) is 31.1 Å². The third-order valence-corrected chi connectivity index (χ3v) is 4.96. The van der Waals surface area contributed by atoms with Crippen LogP contribution in [0.25, 0.3) is 0 Å². The lowest BCUT2D eigenvalue weighted by Gasteiger charge is -2.34. The van der Waals surface area contributed by atoms with Crippen molar-refractivity contribution in [3.8, 4) is 0 Å². The van der Waals surface area contributed by atoms with Gasteiger partial charge in [-0.2, -0.15) is 0 Å². The van der Waals surface area contributed by atoms with E-state index in [2.05, 4.69) is 16.9 Å². The number of carbonyl (C=O) groups excluding carboxylic acids is 2. The van der Waals surface area contributed by atoms with E-state index in [4.69, 9.17) is 4.74 Å². The second-order valence-electron chi connectivity index (χ2n) is 6.56. The van der Waals surface area contributed by atoms with E-state index >= 15 is 0 Å². The second-order valence-corrected chi connectivity index (χ2v) is 6.56. The first-order chi connectivity index (χ1) is 12.9. The van der Waals surface area contributed by atoms with Crippen LogP contribution < -0.4 is 5.32 Å². The van der Waals surface area contributed by atoms with Crippen LogP contribution in [0.1, 0.15) is 63.5 Å². The Morgan fingerprint density at radius 3 is 2.59 bits per heavy atom. The minimum absolute atomic E-state index is 0.0836. The molecular formula is C21H33N3O3. The highest BCUT2D eigenvalue weighted by Gasteiger charge is 2.43. The molecule has 150 valence electrons. The van der Waals surface area contributed by atoms with E-state index in [1.54, 1.807) is 12.5 Å². The fourth-order valence-electron chi connectivity index (χ4n) is 3.33. The van der Waals surface area contributed by atoms with Gasteiger partial charge in [0.1, 0.15) is 5.69 Å². The Morgan fingerprint density at radius 1 is 1.41 bits per heavy atom. The number of esters is 1. The van der Waals surface area contributed by atoms with E-state index in [0.717, 1.165) is 5.57 Å². The van der Waals surface area contributed by atoms with Crippen LogP contribution in [0.4, 0.5) is 0 Å². The number of rotatable bonds is 7. The Hall–Kier alpha value is -2.21. The quantitative estimate of drug-likeness (QED) is 0.447. The number of ketones is 1. The number of carbonyl (C=O) groups is 2. The number of hydrogen-bond donors (Lipinski definition) is 1. The zero-order valence-electron chi connectivity index (χ0n) is 17.2. The van der Waals surface area contributed by atoms with E-state index in [0.29, 0.717) is 31.6 Å². The number of nitrogens with zero attached hydrogens (tertiary/aromatic N) is 2. The van der Waals surface area contributed by atoms with Crippen LogP contribution in [0, 0.1) is 5.41 Å². The smallest absolute Gasteiger partial charge is 0.312 e. The minimum Gasteiger partial charge on any atom is -0.469 e. The summed E-state index contributed by atoms with van der Waals surface area (Å²) in [5, 5.41) is 3.23. The molecule has 1 unspecified atom stereocenters. The predicted molar refractivity (Wildman–Crippen MR) is 108 cm³/mol. The number of ether oxygens (including phenoxy) is 1. The zero-order valence-corrected chi connectivity index (χ0v) is 17.2. The van der Waals surface area contributed by atoms with Crippen LogP contribution in [-0.4, -0.2) is 41.5 Å². The minimum atomic E-state index is -0.754. The van der Waals surface area contributed by atoms with Gasteiger partial charge in [0, 0.05) is 6.42 Å². The molecule has 2 rings (SSSR count). The molecule has 0 radical (unpaired) electrons. The van der Waals surface area contributed by atoms with Gasteiger partial charge < -0.3 is 14.6 Å². The highest BCUT2D eigenvalue weighted by molar-refractivity contribution is 5.97. The molecule has 1 atom stereocenters. The maximum Gasteiger partial charge on any atom is 0.312 e. The van der Waals surface area contributed by atoms with Crippen LogP contribution >= 0.6 is 0 Å². The Balaban J connectivity index is 0.00000176. The third-order valence-electron chi connectivity index (χ3n) is 4.96. The Kier molecular flexibility index (Phi) is 9.15. The Bertz CT molecular complexity index is 670. The summed E-state index contributed by atoms with van der Waals surface area (Å²) in [6.07, 6.45) is 8.37. The van der Waals surface area contributed by atoms with Crippen molar-refractivity contribution < 1.29 is 14.3 Å². The van der Waals surface area contributed by atoms with Crippen molar-refractivity contribution in [2.45, 2.75) is 53.0 Å². The third kappa shape index (κ3) is 5.39. The molecule has 0 saturated carbocycles. The molecule has 0 amide bonds. The number of Topliss-reactive ketones (excluding diaryl/α,β-unsaturated/α-hetero) is 1. The van der Waals surface area contributed by atoms with Crippen LogP contribution in [-0.2, 0) is 9.53 Å². The number of allylic oxidation sites excluding steroid dienone is 3. The topological polar surface area (TPSA) is 73.2 Å². The van der Waals surface area contributed by atoms with Crippen LogP contribution in [0.3, 0.4) is 0 Å². The maximum atomic E-state index is 13.0. The standard InChI is InChI=1S/C19H27N3O3.C2H6/c1-5-6-14(2)15(3)22-13-21-12-16(22)17(23)11-19(18(24)25-4)7-9-20-10-8-19;1-2/h5-6,12-13,15,20H,2,7-11H2,1,3-4H3;1-2H3/b6-5-;. The monoisotopic (exact) mass is 375 g/mol. The van der Waals surface area contributed by atoms with Gasteiger partial charge in [-0.25, -0.2) is 4.98 Å². The molecule has 1 aromatic heterocycles. The van der Waals surface area contributed by atoms with Crippen LogP contribution in [0.15, 0.2) is 36.8 Å². The summed E-state index contributed by atoms with van der Waals surface area (Å²) in [4.78, 5) is 29.5. The summed E-state index contributed by atoms with van der Waals surface area (Å²) in [7, 11) is 1.38. The lowest BCUT2D eigenvalue weighted by Crippen LogP contribution is -2.44. The van der Waals surface area contributed by atoms with Crippen molar-refractivity contribution in [1.82, 2.24) is 14.9 Å². The molecule has 6 nitrogen and oxygen atoms in total. The van der Waals surface area contributed by atoms with E-state index in [1.807, 2.05) is 44.4 Å². The SMILES string of the molecule is C=C(/C=C\C)C(C)n1cncc1C(=O)CC1(C(=O)OC)CCNCC1.CC. The van der Waals surface area contributed by atoms with Gasteiger partial charge in [0.25, 0.3) is 0 Å². The Labute approximate surface area is 162 Å². The first-order valence-corrected chi connectivity index (χ1v) is 9.61. The van der Waals surface area contributed by atoms with E-state index in [9.17, 15) is 9.59 Å². The predicted octanol–water partition coefficient (Wildman–Crippen LogP) is 3.72. The second kappa shape index (κ2) is 10.8. The van der Waals surface area contributed by atoms with Gasteiger partial charge >= 0.3 is 5.97 Å². The van der Waals surface area contributed by atoms with Gasteiger partial charge in [0.15, 0.2) is 5.78 Å². The molecule has 0 aliphatic carbocycles. The largest absolute Gasteiger partial charge is 0.469 e. The number of methoxy groups -OCH3 is 1. The molecule has 1 aliphatic rings. The molecule has 2 heterocycles. The first-order valence-electron chi connectivity index (χ1n) is 9.61.